The van der Waals surface area contributed by atoms with Crippen LogP contribution in [0.4, 0.5) is 0 Å². The first-order valence-electron chi connectivity index (χ1n) is 8.40. The smallest absolute Gasteiger partial charge is 0.114 e. The maximum absolute atomic E-state index is 4.34. The van der Waals surface area contributed by atoms with Gasteiger partial charge in [0.15, 0.2) is 0 Å². The Morgan fingerprint density at radius 1 is 0.962 bits per heavy atom. The highest BCUT2D eigenvalue weighted by molar-refractivity contribution is 5.67. The van der Waals surface area contributed by atoms with Gasteiger partial charge in [-0.05, 0) is 25.1 Å². The van der Waals surface area contributed by atoms with Crippen LogP contribution < -0.4 is 21.9 Å². The third-order valence-electron chi connectivity index (χ3n) is 4.25. The summed E-state index contributed by atoms with van der Waals surface area (Å²) in [4.78, 5) is 0. The Balaban J connectivity index is 1.62. The van der Waals surface area contributed by atoms with E-state index in [-0.39, 0.29) is 12.2 Å². The average Bonchev–Trinajstić information content (AvgIpc) is 3.39. The van der Waals surface area contributed by atoms with Crippen molar-refractivity contribution in [1.29, 1.82) is 0 Å². The largest absolute Gasteiger partial charge is 0.246 e. The van der Waals surface area contributed by atoms with Crippen LogP contribution in [-0.2, 0) is 0 Å². The molecular weight excluding hydrogens is 326 g/mol. The molecule has 1 saturated heterocycles. The lowest BCUT2D eigenvalue weighted by Crippen LogP contribution is -2.41. The fourth-order valence-electron chi connectivity index (χ4n) is 2.73. The molecule has 4 rings (SSSR count). The quantitative estimate of drug-likeness (QED) is 0.537. The number of hydrazine groups is 3. The standard InChI is InChI=1S/C19H19N7/c1-14(19-21-23-24-22-19)26-13-18(20-25-26)17-10-6-5-9-16(17)12-11-15-7-3-2-4-8-15/h2-10,13-14,19,21-24H,1H3. The molecule has 1 aliphatic heterocycles. The summed E-state index contributed by atoms with van der Waals surface area (Å²) < 4.78 is 1.83. The second-order valence-electron chi connectivity index (χ2n) is 6.00. The van der Waals surface area contributed by atoms with Crippen molar-refractivity contribution in [2.24, 2.45) is 0 Å². The molecule has 2 heterocycles. The highest BCUT2D eigenvalue weighted by atomic mass is 15.8. The Bertz CT molecular complexity index is 933. The third-order valence-corrected chi connectivity index (χ3v) is 4.25. The third kappa shape index (κ3) is 3.49. The van der Waals surface area contributed by atoms with E-state index in [9.17, 15) is 0 Å². The van der Waals surface area contributed by atoms with E-state index in [2.05, 4.69) is 51.0 Å². The van der Waals surface area contributed by atoms with Gasteiger partial charge in [0.2, 0.25) is 0 Å². The maximum Gasteiger partial charge on any atom is 0.114 e. The predicted molar refractivity (Wildman–Crippen MR) is 98.9 cm³/mol. The van der Waals surface area contributed by atoms with Crippen LogP contribution in [0.1, 0.15) is 24.1 Å². The number of aromatic nitrogens is 3. The average molecular weight is 345 g/mol. The molecule has 4 N–H and O–H groups in total. The van der Waals surface area contributed by atoms with Gasteiger partial charge in [-0.1, -0.05) is 53.5 Å². The van der Waals surface area contributed by atoms with E-state index in [0.29, 0.717) is 0 Å². The lowest BCUT2D eigenvalue weighted by molar-refractivity contribution is 0.337. The molecule has 0 aliphatic carbocycles. The molecule has 0 radical (unpaired) electrons. The molecule has 1 aliphatic rings. The van der Waals surface area contributed by atoms with Crippen molar-refractivity contribution in [3.63, 3.8) is 0 Å². The Morgan fingerprint density at radius 2 is 1.69 bits per heavy atom. The Hall–Kier alpha value is -3.02. The number of hydrogen-bond acceptors (Lipinski definition) is 6. The van der Waals surface area contributed by atoms with Gasteiger partial charge < -0.3 is 0 Å². The van der Waals surface area contributed by atoms with Crippen LogP contribution in [0.2, 0.25) is 0 Å². The van der Waals surface area contributed by atoms with Gasteiger partial charge in [-0.3, -0.25) is 0 Å². The van der Waals surface area contributed by atoms with Gasteiger partial charge in [-0.25, -0.2) is 15.5 Å². The molecule has 130 valence electrons. The fourth-order valence-corrected chi connectivity index (χ4v) is 2.73. The molecule has 3 aromatic rings. The van der Waals surface area contributed by atoms with Crippen LogP contribution in [0.3, 0.4) is 0 Å². The summed E-state index contributed by atoms with van der Waals surface area (Å²) in [5.41, 5.74) is 15.4. The second-order valence-corrected chi connectivity index (χ2v) is 6.00. The van der Waals surface area contributed by atoms with Gasteiger partial charge in [0.1, 0.15) is 11.9 Å². The molecule has 0 bridgehead atoms. The van der Waals surface area contributed by atoms with Crippen molar-refractivity contribution in [3.05, 3.63) is 71.9 Å². The zero-order valence-corrected chi connectivity index (χ0v) is 14.3. The van der Waals surface area contributed by atoms with Crippen molar-refractivity contribution in [2.75, 3.05) is 0 Å². The minimum Gasteiger partial charge on any atom is -0.246 e. The number of nitrogens with zero attached hydrogens (tertiary/aromatic N) is 3. The van der Waals surface area contributed by atoms with Crippen molar-refractivity contribution >= 4 is 0 Å². The van der Waals surface area contributed by atoms with E-state index in [1.165, 1.54) is 0 Å². The first-order chi connectivity index (χ1) is 12.8. The summed E-state index contributed by atoms with van der Waals surface area (Å²) in [6, 6.07) is 18.0. The van der Waals surface area contributed by atoms with Gasteiger partial charge >= 0.3 is 0 Å². The minimum absolute atomic E-state index is 0.00216. The minimum atomic E-state index is -0.00216. The first-order valence-corrected chi connectivity index (χ1v) is 8.40. The zero-order valence-electron chi connectivity index (χ0n) is 14.3. The zero-order chi connectivity index (χ0) is 17.8. The van der Waals surface area contributed by atoms with Gasteiger partial charge in [0.25, 0.3) is 0 Å². The maximum atomic E-state index is 4.34. The fraction of sp³-hybridized carbons (Fsp3) is 0.158. The normalized spacial score (nSPS) is 15.4. The number of benzene rings is 2. The van der Waals surface area contributed by atoms with E-state index < -0.39 is 0 Å². The molecule has 0 saturated carbocycles. The number of nitrogens with one attached hydrogen (secondary N) is 4. The molecule has 0 spiro atoms. The number of hydrogen-bond donors (Lipinski definition) is 4. The van der Waals surface area contributed by atoms with Crippen molar-refractivity contribution in [3.8, 4) is 23.1 Å². The number of rotatable bonds is 3. The monoisotopic (exact) mass is 345 g/mol. The molecule has 26 heavy (non-hydrogen) atoms. The molecule has 0 amide bonds. The molecule has 1 fully saturated rings. The first kappa shape index (κ1) is 16.4. The highest BCUT2D eigenvalue weighted by Crippen LogP contribution is 2.22. The van der Waals surface area contributed by atoms with Gasteiger partial charge in [-0.2, -0.15) is 11.1 Å². The Labute approximate surface area is 151 Å². The van der Waals surface area contributed by atoms with E-state index >= 15 is 0 Å². The van der Waals surface area contributed by atoms with E-state index in [0.717, 1.165) is 22.4 Å². The second kappa shape index (κ2) is 7.47. The topological polar surface area (TPSA) is 78.8 Å². The molecule has 1 unspecified atom stereocenters. The Morgan fingerprint density at radius 3 is 2.50 bits per heavy atom. The lowest BCUT2D eigenvalue weighted by Gasteiger charge is -2.17. The summed E-state index contributed by atoms with van der Waals surface area (Å²) in [5.74, 6) is 6.45. The molecule has 2 aromatic carbocycles. The highest BCUT2D eigenvalue weighted by Gasteiger charge is 2.23. The van der Waals surface area contributed by atoms with E-state index in [4.69, 9.17) is 0 Å². The molecule has 7 heteroatoms. The molecule has 1 aromatic heterocycles. The van der Waals surface area contributed by atoms with Gasteiger partial charge in [0, 0.05) is 16.7 Å². The lowest BCUT2D eigenvalue weighted by atomic mass is 10.0. The van der Waals surface area contributed by atoms with Crippen LogP contribution >= 0.6 is 0 Å². The summed E-state index contributed by atoms with van der Waals surface area (Å²) in [5, 5.41) is 8.62. The predicted octanol–water partition coefficient (Wildman–Crippen LogP) is 1.35. The van der Waals surface area contributed by atoms with Crippen LogP contribution in [0, 0.1) is 11.8 Å². The van der Waals surface area contributed by atoms with E-state index in [1.807, 2.05) is 65.5 Å². The van der Waals surface area contributed by atoms with Crippen LogP contribution in [0.15, 0.2) is 60.8 Å². The summed E-state index contributed by atoms with van der Waals surface area (Å²) in [7, 11) is 0. The summed E-state index contributed by atoms with van der Waals surface area (Å²) >= 11 is 0. The van der Waals surface area contributed by atoms with Crippen LogP contribution in [0.5, 0.6) is 0 Å². The van der Waals surface area contributed by atoms with Gasteiger partial charge in [-0.15, -0.1) is 5.10 Å². The van der Waals surface area contributed by atoms with Crippen LogP contribution in [0.25, 0.3) is 11.3 Å². The summed E-state index contributed by atoms with van der Waals surface area (Å²) in [6.45, 7) is 2.05. The molecule has 1 atom stereocenters. The van der Waals surface area contributed by atoms with Crippen molar-refractivity contribution in [1.82, 2.24) is 36.9 Å². The van der Waals surface area contributed by atoms with Crippen molar-refractivity contribution in [2.45, 2.75) is 19.1 Å². The van der Waals surface area contributed by atoms with Crippen molar-refractivity contribution < 1.29 is 0 Å². The SMILES string of the molecule is CC(C1NNNN1)n1cc(-c2ccccc2C#Cc2ccccc2)nn1. The molecular formula is C19H19N7. The molecule has 7 nitrogen and oxygen atoms in total. The van der Waals surface area contributed by atoms with Crippen LogP contribution in [-0.4, -0.2) is 21.2 Å². The Kier molecular flexibility index (Phi) is 4.73. The van der Waals surface area contributed by atoms with E-state index in [1.54, 1.807) is 0 Å². The van der Waals surface area contributed by atoms with Gasteiger partial charge in [0.05, 0.1) is 12.2 Å². The summed E-state index contributed by atoms with van der Waals surface area (Å²) in [6.07, 6.45) is 1.94.